The van der Waals surface area contributed by atoms with E-state index in [1.165, 1.54) is 0 Å². The average Bonchev–Trinajstić information content (AvgIpc) is 2.24. The molecule has 1 atom stereocenters. The van der Waals surface area contributed by atoms with Gasteiger partial charge in [0.25, 0.3) is 0 Å². The molecule has 3 N–H and O–H groups in total. The van der Waals surface area contributed by atoms with Crippen molar-refractivity contribution in [3.8, 4) is 0 Å². The zero-order valence-electron chi connectivity index (χ0n) is 12.9. The fraction of sp³-hybridized carbons (Fsp3) is 0.786. The zero-order chi connectivity index (χ0) is 16.0. The minimum absolute atomic E-state index is 0.0763. The molecular formula is C14H25N3O4. The van der Waals surface area contributed by atoms with Crippen molar-refractivity contribution in [2.75, 3.05) is 19.6 Å². The minimum atomic E-state index is -0.809. The number of likely N-dealkylation sites (tertiary alicyclic amines) is 1. The van der Waals surface area contributed by atoms with Crippen LogP contribution in [0, 0.1) is 5.92 Å². The number of imide groups is 1. The Balaban J connectivity index is 2.37. The van der Waals surface area contributed by atoms with E-state index in [0.29, 0.717) is 6.54 Å². The van der Waals surface area contributed by atoms with Gasteiger partial charge in [-0.2, -0.15) is 0 Å². The van der Waals surface area contributed by atoms with Gasteiger partial charge in [0.2, 0.25) is 5.91 Å². The Morgan fingerprint density at radius 3 is 2.52 bits per heavy atom. The minimum Gasteiger partial charge on any atom is -0.481 e. The predicted molar refractivity (Wildman–Crippen MR) is 77.8 cm³/mol. The third-order valence-electron chi connectivity index (χ3n) is 3.18. The SMILES string of the molecule is CC(C)(C)NC(=O)NC(=O)CN1CCCC(CC(=O)O)C1. The van der Waals surface area contributed by atoms with Crippen molar-refractivity contribution in [3.05, 3.63) is 0 Å². The third-order valence-corrected chi connectivity index (χ3v) is 3.18. The monoisotopic (exact) mass is 299 g/mol. The van der Waals surface area contributed by atoms with Crippen LogP contribution < -0.4 is 10.6 Å². The summed E-state index contributed by atoms with van der Waals surface area (Å²) in [4.78, 5) is 36.0. The van der Waals surface area contributed by atoms with Gasteiger partial charge in [-0.15, -0.1) is 0 Å². The van der Waals surface area contributed by atoms with Crippen LogP contribution >= 0.6 is 0 Å². The number of carboxylic acid groups (broad SMARTS) is 1. The highest BCUT2D eigenvalue weighted by molar-refractivity contribution is 5.95. The van der Waals surface area contributed by atoms with Crippen LogP contribution in [0.1, 0.15) is 40.0 Å². The first-order valence-corrected chi connectivity index (χ1v) is 7.22. The first kappa shape index (κ1) is 17.4. The molecule has 0 aromatic carbocycles. The largest absolute Gasteiger partial charge is 0.481 e. The van der Waals surface area contributed by atoms with Crippen LogP contribution in [-0.2, 0) is 9.59 Å². The molecule has 7 heteroatoms. The summed E-state index contributed by atoms with van der Waals surface area (Å²) in [6.07, 6.45) is 1.87. The van der Waals surface area contributed by atoms with E-state index in [-0.39, 0.29) is 24.8 Å². The number of urea groups is 1. The van der Waals surface area contributed by atoms with Gasteiger partial charge in [-0.1, -0.05) is 0 Å². The normalized spacial score (nSPS) is 19.9. The lowest BCUT2D eigenvalue weighted by molar-refractivity contribution is -0.138. The molecule has 1 saturated heterocycles. The van der Waals surface area contributed by atoms with Gasteiger partial charge >= 0.3 is 12.0 Å². The number of nitrogens with one attached hydrogen (secondary N) is 2. The van der Waals surface area contributed by atoms with Gasteiger partial charge in [0.05, 0.1) is 6.54 Å². The second-order valence-electron chi connectivity index (χ2n) is 6.59. The van der Waals surface area contributed by atoms with Gasteiger partial charge in [-0.25, -0.2) is 4.79 Å². The highest BCUT2D eigenvalue weighted by atomic mass is 16.4. The number of carbonyl (C=O) groups is 3. The molecule has 0 aromatic rings. The smallest absolute Gasteiger partial charge is 0.321 e. The van der Waals surface area contributed by atoms with Gasteiger partial charge in [-0.3, -0.25) is 19.8 Å². The van der Waals surface area contributed by atoms with Crippen LogP contribution in [0.4, 0.5) is 4.79 Å². The first-order chi connectivity index (χ1) is 9.65. The van der Waals surface area contributed by atoms with E-state index in [9.17, 15) is 14.4 Å². The highest BCUT2D eigenvalue weighted by Gasteiger charge is 2.24. The maximum atomic E-state index is 11.8. The van der Waals surface area contributed by atoms with E-state index in [0.717, 1.165) is 19.4 Å². The fourth-order valence-electron chi connectivity index (χ4n) is 2.45. The molecule has 7 nitrogen and oxygen atoms in total. The zero-order valence-corrected chi connectivity index (χ0v) is 12.9. The number of amides is 3. The van der Waals surface area contributed by atoms with Gasteiger partial charge in [0, 0.05) is 18.5 Å². The van der Waals surface area contributed by atoms with Crippen molar-refractivity contribution in [2.45, 2.75) is 45.6 Å². The molecule has 0 radical (unpaired) electrons. The molecular weight excluding hydrogens is 274 g/mol. The van der Waals surface area contributed by atoms with E-state index >= 15 is 0 Å². The second kappa shape index (κ2) is 7.40. The Kier molecular flexibility index (Phi) is 6.14. The number of hydrogen-bond donors (Lipinski definition) is 3. The van der Waals surface area contributed by atoms with Gasteiger partial charge in [0.15, 0.2) is 0 Å². The summed E-state index contributed by atoms with van der Waals surface area (Å²) in [6, 6.07) is -0.508. The number of nitrogens with zero attached hydrogens (tertiary/aromatic N) is 1. The molecule has 0 bridgehead atoms. The maximum absolute atomic E-state index is 11.8. The number of piperidine rings is 1. The van der Waals surface area contributed by atoms with Gasteiger partial charge in [0.1, 0.15) is 0 Å². The summed E-state index contributed by atoms with van der Waals surface area (Å²) < 4.78 is 0. The van der Waals surface area contributed by atoms with Crippen LogP contribution in [-0.4, -0.2) is 53.1 Å². The van der Waals surface area contributed by atoms with Crippen molar-refractivity contribution in [1.82, 2.24) is 15.5 Å². The van der Waals surface area contributed by atoms with Gasteiger partial charge < -0.3 is 10.4 Å². The highest BCUT2D eigenvalue weighted by Crippen LogP contribution is 2.19. The van der Waals surface area contributed by atoms with Crippen molar-refractivity contribution in [1.29, 1.82) is 0 Å². The predicted octanol–water partition coefficient (Wildman–Crippen LogP) is 0.797. The van der Waals surface area contributed by atoms with E-state index < -0.39 is 17.5 Å². The molecule has 1 aliphatic heterocycles. The molecule has 0 aliphatic carbocycles. The van der Waals surface area contributed by atoms with Crippen LogP contribution in [0.2, 0.25) is 0 Å². The molecule has 0 saturated carbocycles. The summed E-state index contributed by atoms with van der Waals surface area (Å²) in [7, 11) is 0. The number of carboxylic acids is 1. The Labute approximate surface area is 125 Å². The van der Waals surface area contributed by atoms with E-state index in [1.54, 1.807) is 0 Å². The Hall–Kier alpha value is -1.63. The average molecular weight is 299 g/mol. The van der Waals surface area contributed by atoms with Crippen molar-refractivity contribution in [2.24, 2.45) is 5.92 Å². The Bertz CT molecular complexity index is 404. The molecule has 3 amide bonds. The maximum Gasteiger partial charge on any atom is 0.321 e. The second-order valence-corrected chi connectivity index (χ2v) is 6.59. The summed E-state index contributed by atoms with van der Waals surface area (Å²) in [5.74, 6) is -1.10. The molecule has 1 aliphatic rings. The quantitative estimate of drug-likeness (QED) is 0.713. The van der Waals surface area contributed by atoms with Crippen molar-refractivity contribution in [3.63, 3.8) is 0 Å². The van der Waals surface area contributed by atoms with E-state index in [1.807, 2.05) is 25.7 Å². The number of hydrogen-bond acceptors (Lipinski definition) is 4. The molecule has 0 spiro atoms. The lowest BCUT2D eigenvalue weighted by Crippen LogP contribution is -2.51. The third kappa shape index (κ3) is 7.65. The van der Waals surface area contributed by atoms with E-state index in [4.69, 9.17) is 5.11 Å². The Morgan fingerprint density at radius 1 is 1.29 bits per heavy atom. The topological polar surface area (TPSA) is 98.7 Å². The van der Waals surface area contributed by atoms with Crippen LogP contribution in [0.15, 0.2) is 0 Å². The molecule has 1 heterocycles. The van der Waals surface area contributed by atoms with Crippen molar-refractivity contribution >= 4 is 17.9 Å². The van der Waals surface area contributed by atoms with Gasteiger partial charge in [-0.05, 0) is 46.1 Å². The van der Waals surface area contributed by atoms with E-state index in [2.05, 4.69) is 10.6 Å². The Morgan fingerprint density at radius 2 is 1.95 bits per heavy atom. The molecule has 1 fully saturated rings. The van der Waals surface area contributed by atoms with Crippen LogP contribution in [0.5, 0.6) is 0 Å². The standard InChI is InChI=1S/C14H25N3O4/c1-14(2,3)16-13(21)15-11(18)9-17-6-4-5-10(8-17)7-12(19)20/h10H,4-9H2,1-3H3,(H,19,20)(H2,15,16,18,21). The number of aliphatic carboxylic acids is 1. The molecule has 1 unspecified atom stereocenters. The summed E-state index contributed by atoms with van der Waals surface area (Å²) in [5.41, 5.74) is -0.401. The first-order valence-electron chi connectivity index (χ1n) is 7.22. The summed E-state index contributed by atoms with van der Waals surface area (Å²) in [5, 5.41) is 13.8. The lowest BCUT2D eigenvalue weighted by atomic mass is 9.95. The fourth-order valence-corrected chi connectivity index (χ4v) is 2.45. The van der Waals surface area contributed by atoms with Crippen LogP contribution in [0.3, 0.4) is 0 Å². The number of carbonyl (C=O) groups excluding carboxylic acids is 2. The number of rotatable bonds is 4. The molecule has 21 heavy (non-hydrogen) atoms. The summed E-state index contributed by atoms with van der Waals surface area (Å²) >= 11 is 0. The van der Waals surface area contributed by atoms with Crippen LogP contribution in [0.25, 0.3) is 0 Å². The molecule has 1 rings (SSSR count). The summed E-state index contributed by atoms with van der Waals surface area (Å²) in [6.45, 7) is 6.95. The molecule has 0 aromatic heterocycles. The lowest BCUT2D eigenvalue weighted by Gasteiger charge is -2.31. The van der Waals surface area contributed by atoms with Crippen molar-refractivity contribution < 1.29 is 19.5 Å². The molecule has 120 valence electrons.